The normalized spacial score (nSPS) is 14.5. The van der Waals surface area contributed by atoms with E-state index in [0.717, 1.165) is 16.7 Å². The summed E-state index contributed by atoms with van der Waals surface area (Å²) in [6.45, 7) is 20.3. The SMILES string of the molecule is C=C(Cc1ccccc1)C[C@H](O)[C@H](CO[Si](C)(C)C(C)(C)C)NC(=O)[C@H](Cc1ccccc1)NC(=O)OC(C)(C)C. The monoisotopic (exact) mass is 582 g/mol. The van der Waals surface area contributed by atoms with Crippen LogP contribution >= 0.6 is 0 Å². The van der Waals surface area contributed by atoms with Gasteiger partial charge < -0.3 is 24.9 Å². The number of nitrogens with one attached hydrogen (secondary N) is 2. The molecular formula is C33H50N2O5Si. The number of rotatable bonds is 13. The second-order valence-corrected chi connectivity index (χ2v) is 18.1. The molecule has 0 aromatic heterocycles. The zero-order valence-corrected chi connectivity index (χ0v) is 27.1. The van der Waals surface area contributed by atoms with Crippen LogP contribution in [-0.4, -0.2) is 55.8 Å². The van der Waals surface area contributed by atoms with E-state index in [1.165, 1.54) is 0 Å². The first-order valence-corrected chi connectivity index (χ1v) is 17.2. The summed E-state index contributed by atoms with van der Waals surface area (Å²) in [5.74, 6) is -0.420. The number of aliphatic hydroxyl groups excluding tert-OH is 1. The van der Waals surface area contributed by atoms with Crippen LogP contribution in [0.3, 0.4) is 0 Å². The van der Waals surface area contributed by atoms with Gasteiger partial charge >= 0.3 is 6.09 Å². The minimum Gasteiger partial charge on any atom is -0.444 e. The fourth-order valence-electron chi connectivity index (χ4n) is 3.95. The molecule has 3 atom stereocenters. The predicted octanol–water partition coefficient (Wildman–Crippen LogP) is 6.18. The van der Waals surface area contributed by atoms with E-state index in [1.54, 1.807) is 20.8 Å². The second-order valence-electron chi connectivity index (χ2n) is 13.3. The van der Waals surface area contributed by atoms with Gasteiger partial charge in [-0.15, -0.1) is 0 Å². The summed E-state index contributed by atoms with van der Waals surface area (Å²) in [6.07, 6.45) is -0.432. The molecule has 0 saturated carbocycles. The molecule has 0 aliphatic heterocycles. The van der Waals surface area contributed by atoms with Crippen molar-refractivity contribution in [3.05, 3.63) is 83.9 Å². The third-order valence-electron chi connectivity index (χ3n) is 7.31. The van der Waals surface area contributed by atoms with Gasteiger partial charge in [0.05, 0.1) is 18.8 Å². The fourth-order valence-corrected chi connectivity index (χ4v) is 4.98. The fraction of sp³-hybridized carbons (Fsp3) is 0.515. The Morgan fingerprint density at radius 1 is 0.902 bits per heavy atom. The molecule has 2 aromatic rings. The molecule has 0 radical (unpaired) electrons. The topological polar surface area (TPSA) is 96.9 Å². The third kappa shape index (κ3) is 12.2. The van der Waals surface area contributed by atoms with Crippen LogP contribution in [0.25, 0.3) is 0 Å². The number of carbonyl (C=O) groups is 2. The van der Waals surface area contributed by atoms with E-state index in [9.17, 15) is 14.7 Å². The van der Waals surface area contributed by atoms with Crippen molar-refractivity contribution in [2.24, 2.45) is 0 Å². The van der Waals surface area contributed by atoms with Gasteiger partial charge in [0.1, 0.15) is 11.6 Å². The van der Waals surface area contributed by atoms with Crippen molar-refractivity contribution in [2.45, 2.75) is 103 Å². The van der Waals surface area contributed by atoms with E-state index in [2.05, 4.69) is 51.1 Å². The lowest BCUT2D eigenvalue weighted by atomic mass is 9.97. The van der Waals surface area contributed by atoms with Gasteiger partial charge in [-0.2, -0.15) is 0 Å². The van der Waals surface area contributed by atoms with Crippen molar-refractivity contribution in [1.82, 2.24) is 10.6 Å². The highest BCUT2D eigenvalue weighted by Crippen LogP contribution is 2.36. The van der Waals surface area contributed by atoms with Crippen LogP contribution in [0.2, 0.25) is 18.1 Å². The van der Waals surface area contributed by atoms with Crippen molar-refractivity contribution in [3.63, 3.8) is 0 Å². The minimum atomic E-state index is -2.18. The van der Waals surface area contributed by atoms with Crippen LogP contribution in [-0.2, 0) is 26.8 Å². The predicted molar refractivity (Wildman–Crippen MR) is 168 cm³/mol. The Morgan fingerprint density at radius 2 is 1.44 bits per heavy atom. The van der Waals surface area contributed by atoms with E-state index in [1.807, 2.05) is 60.7 Å². The zero-order chi connectivity index (χ0) is 30.8. The largest absolute Gasteiger partial charge is 0.444 e. The Labute approximate surface area is 247 Å². The lowest BCUT2D eigenvalue weighted by Gasteiger charge is -2.38. The Balaban J connectivity index is 2.25. The highest BCUT2D eigenvalue weighted by atomic mass is 28.4. The first-order valence-electron chi connectivity index (χ1n) is 14.3. The summed E-state index contributed by atoms with van der Waals surface area (Å²) in [6, 6.07) is 17.8. The van der Waals surface area contributed by atoms with E-state index in [-0.39, 0.29) is 18.1 Å². The van der Waals surface area contributed by atoms with Gasteiger partial charge in [0.2, 0.25) is 5.91 Å². The molecule has 0 fully saturated rings. The van der Waals surface area contributed by atoms with E-state index >= 15 is 0 Å². The maximum absolute atomic E-state index is 13.7. The molecule has 2 aromatic carbocycles. The average Bonchev–Trinajstić information content (AvgIpc) is 2.85. The number of hydrogen-bond acceptors (Lipinski definition) is 5. The first-order chi connectivity index (χ1) is 19.0. The molecule has 0 saturated heterocycles. The van der Waals surface area contributed by atoms with Gasteiger partial charge in [-0.1, -0.05) is 93.6 Å². The quantitative estimate of drug-likeness (QED) is 0.194. The number of benzene rings is 2. The van der Waals surface area contributed by atoms with Crippen LogP contribution in [0.1, 0.15) is 59.1 Å². The molecule has 226 valence electrons. The van der Waals surface area contributed by atoms with E-state index < -0.39 is 44.1 Å². The highest BCUT2D eigenvalue weighted by molar-refractivity contribution is 6.74. The average molecular weight is 583 g/mol. The van der Waals surface area contributed by atoms with Gasteiger partial charge in [-0.25, -0.2) is 4.79 Å². The molecule has 7 nitrogen and oxygen atoms in total. The van der Waals surface area contributed by atoms with Crippen molar-refractivity contribution >= 4 is 20.3 Å². The summed E-state index contributed by atoms with van der Waals surface area (Å²) < 4.78 is 11.9. The summed E-state index contributed by atoms with van der Waals surface area (Å²) in [5.41, 5.74) is 2.12. The van der Waals surface area contributed by atoms with Crippen molar-refractivity contribution in [1.29, 1.82) is 0 Å². The summed E-state index contributed by atoms with van der Waals surface area (Å²) in [7, 11) is -2.18. The van der Waals surface area contributed by atoms with Crippen LogP contribution < -0.4 is 10.6 Å². The standard InChI is InChI=1S/C33H50N2O5Si/c1-24(20-25-16-12-10-13-17-25)21-29(36)28(23-39-41(8,9)33(5,6)7)34-30(37)27(22-26-18-14-11-15-19-26)35-31(38)40-32(2,3)4/h10-19,27-29,36H,1,20-23H2,2-9H3,(H,34,37)(H,35,38)/t27-,28-,29-/m0/s1. The van der Waals surface area contributed by atoms with Gasteiger partial charge in [-0.05, 0) is 62.9 Å². The molecule has 0 heterocycles. The Hall–Kier alpha value is -2.94. The maximum atomic E-state index is 13.7. The van der Waals surface area contributed by atoms with Crippen LogP contribution in [0.4, 0.5) is 4.79 Å². The first kappa shape index (κ1) is 34.3. The van der Waals surface area contributed by atoms with E-state index in [4.69, 9.17) is 9.16 Å². The Kier molecular flexibility index (Phi) is 12.4. The molecule has 0 spiro atoms. The molecule has 2 amide bonds. The maximum Gasteiger partial charge on any atom is 0.408 e. The van der Waals surface area contributed by atoms with Crippen LogP contribution in [0.5, 0.6) is 0 Å². The molecule has 41 heavy (non-hydrogen) atoms. The lowest BCUT2D eigenvalue weighted by molar-refractivity contribution is -0.125. The van der Waals surface area contributed by atoms with Gasteiger partial charge in [-0.3, -0.25) is 4.79 Å². The lowest BCUT2D eigenvalue weighted by Crippen LogP contribution is -2.56. The third-order valence-corrected chi connectivity index (χ3v) is 11.8. The number of ether oxygens (including phenoxy) is 1. The number of carbonyl (C=O) groups excluding carboxylic acids is 2. The van der Waals surface area contributed by atoms with Crippen molar-refractivity contribution in [3.8, 4) is 0 Å². The van der Waals surface area contributed by atoms with Gasteiger partial charge in [0, 0.05) is 6.42 Å². The Morgan fingerprint density at radius 3 is 1.95 bits per heavy atom. The number of aliphatic hydroxyl groups is 1. The van der Waals surface area contributed by atoms with Crippen molar-refractivity contribution < 1.29 is 23.9 Å². The number of amides is 2. The van der Waals surface area contributed by atoms with Crippen molar-refractivity contribution in [2.75, 3.05) is 6.61 Å². The molecule has 8 heteroatoms. The van der Waals surface area contributed by atoms with Crippen LogP contribution in [0, 0.1) is 0 Å². The second kappa shape index (κ2) is 14.8. The highest BCUT2D eigenvalue weighted by Gasteiger charge is 2.39. The molecule has 3 N–H and O–H groups in total. The van der Waals surface area contributed by atoms with Gasteiger partial charge in [0.15, 0.2) is 8.32 Å². The molecule has 0 aliphatic rings. The van der Waals surface area contributed by atoms with E-state index in [0.29, 0.717) is 12.8 Å². The molecular weight excluding hydrogens is 532 g/mol. The smallest absolute Gasteiger partial charge is 0.408 e. The minimum absolute atomic E-state index is 0.0441. The molecule has 2 rings (SSSR count). The number of hydrogen-bond donors (Lipinski definition) is 3. The molecule has 0 bridgehead atoms. The Bertz CT molecular complexity index is 1120. The van der Waals surface area contributed by atoms with Crippen LogP contribution in [0.15, 0.2) is 72.8 Å². The molecule has 0 unspecified atom stereocenters. The summed E-state index contributed by atoms with van der Waals surface area (Å²) in [5, 5.41) is 17.0. The summed E-state index contributed by atoms with van der Waals surface area (Å²) >= 11 is 0. The molecule has 0 aliphatic carbocycles. The van der Waals surface area contributed by atoms with Gasteiger partial charge in [0.25, 0.3) is 0 Å². The summed E-state index contributed by atoms with van der Waals surface area (Å²) in [4.78, 5) is 26.4. The number of alkyl carbamates (subject to hydrolysis) is 1. The zero-order valence-electron chi connectivity index (χ0n) is 26.1.